The van der Waals surface area contributed by atoms with E-state index in [1.807, 2.05) is 12.2 Å². The van der Waals surface area contributed by atoms with Gasteiger partial charge in [-0.15, -0.1) is 0 Å². The van der Waals surface area contributed by atoms with Crippen molar-refractivity contribution in [2.75, 3.05) is 0 Å². The normalized spacial score (nSPS) is 37.0. The summed E-state index contributed by atoms with van der Waals surface area (Å²) in [7, 11) is 0. The number of aliphatic hydroxyl groups is 1. The summed E-state index contributed by atoms with van der Waals surface area (Å²) in [6.07, 6.45) is 10.5. The minimum Gasteiger partial charge on any atom is -0.452 e. The molecule has 2 bridgehead atoms. The highest BCUT2D eigenvalue weighted by atomic mass is 16.6. The highest BCUT2D eigenvalue weighted by Gasteiger charge is 2.35. The summed E-state index contributed by atoms with van der Waals surface area (Å²) in [5.41, 5.74) is 2.34. The van der Waals surface area contributed by atoms with Crippen molar-refractivity contribution in [3.8, 4) is 0 Å². The molecular formula is C20H30O3. The highest BCUT2D eigenvalue weighted by molar-refractivity contribution is 5.88. The van der Waals surface area contributed by atoms with Crippen LogP contribution in [0.25, 0.3) is 0 Å². The zero-order valence-corrected chi connectivity index (χ0v) is 14.9. The van der Waals surface area contributed by atoms with Crippen molar-refractivity contribution in [2.45, 2.75) is 77.9 Å². The molecule has 0 aromatic heterocycles. The first kappa shape index (κ1) is 18.0. The Morgan fingerprint density at radius 1 is 1.22 bits per heavy atom. The van der Waals surface area contributed by atoms with Crippen LogP contribution in [0.3, 0.4) is 0 Å². The third kappa shape index (κ3) is 4.81. The van der Waals surface area contributed by atoms with Gasteiger partial charge in [-0.25, -0.2) is 4.79 Å². The number of hydrogen-bond donors (Lipinski definition) is 1. The zero-order chi connectivity index (χ0) is 17.0. The number of esters is 1. The molecule has 2 heterocycles. The van der Waals surface area contributed by atoms with Crippen LogP contribution in [-0.2, 0) is 9.53 Å². The molecule has 2 aliphatic rings. The minimum absolute atomic E-state index is 0.277. The Labute approximate surface area is 140 Å². The fourth-order valence-electron chi connectivity index (χ4n) is 3.18. The van der Waals surface area contributed by atoms with Gasteiger partial charge in [-0.3, -0.25) is 0 Å². The van der Waals surface area contributed by atoms with Gasteiger partial charge in [0.1, 0.15) is 11.7 Å². The summed E-state index contributed by atoms with van der Waals surface area (Å²) in [6, 6.07) is 0. The Balaban J connectivity index is 2.43. The lowest BCUT2D eigenvalue weighted by Gasteiger charge is -2.33. The Morgan fingerprint density at radius 3 is 2.65 bits per heavy atom. The first-order valence-electron chi connectivity index (χ1n) is 8.78. The summed E-state index contributed by atoms with van der Waals surface area (Å²) < 4.78 is 5.70. The monoisotopic (exact) mass is 318 g/mol. The summed E-state index contributed by atoms with van der Waals surface area (Å²) in [5.74, 6) is 0.0988. The SMILES string of the molecule is C/C1=C\CC/C2=C/CC[C@](C)(O)[C@H](/C=C(/C(C)C)CC1)OC2=O. The molecule has 128 valence electrons. The molecule has 0 spiro atoms. The summed E-state index contributed by atoms with van der Waals surface area (Å²) >= 11 is 0. The fraction of sp³-hybridized carbons (Fsp3) is 0.650. The van der Waals surface area contributed by atoms with Crippen molar-refractivity contribution in [1.82, 2.24) is 0 Å². The summed E-state index contributed by atoms with van der Waals surface area (Å²) in [6.45, 7) is 8.24. The second kappa shape index (κ2) is 7.48. The van der Waals surface area contributed by atoms with Gasteiger partial charge in [-0.1, -0.05) is 37.1 Å². The Morgan fingerprint density at radius 2 is 1.96 bits per heavy atom. The predicted octanol–water partition coefficient (Wildman–Crippen LogP) is 4.47. The Bertz CT molecular complexity index is 535. The van der Waals surface area contributed by atoms with Gasteiger partial charge in [0.05, 0.1) is 0 Å². The van der Waals surface area contributed by atoms with Crippen LogP contribution in [0.5, 0.6) is 0 Å². The third-order valence-corrected chi connectivity index (χ3v) is 4.97. The van der Waals surface area contributed by atoms with Crippen LogP contribution in [0.15, 0.2) is 34.9 Å². The molecule has 0 fully saturated rings. The lowest BCUT2D eigenvalue weighted by atomic mass is 9.86. The topological polar surface area (TPSA) is 46.5 Å². The predicted molar refractivity (Wildman–Crippen MR) is 93.0 cm³/mol. The molecule has 0 amide bonds. The van der Waals surface area contributed by atoms with Gasteiger partial charge in [-0.2, -0.15) is 0 Å². The molecule has 0 aromatic rings. The largest absolute Gasteiger partial charge is 0.452 e. The van der Waals surface area contributed by atoms with Gasteiger partial charge in [0.15, 0.2) is 0 Å². The maximum absolute atomic E-state index is 12.5. The van der Waals surface area contributed by atoms with E-state index in [9.17, 15) is 9.90 Å². The number of allylic oxidation sites excluding steroid dienone is 4. The Kier molecular flexibility index (Phi) is 5.85. The summed E-state index contributed by atoms with van der Waals surface area (Å²) in [5, 5.41) is 10.8. The van der Waals surface area contributed by atoms with E-state index in [0.717, 1.165) is 24.8 Å². The van der Waals surface area contributed by atoms with Crippen molar-refractivity contribution in [3.05, 3.63) is 34.9 Å². The van der Waals surface area contributed by atoms with Crippen LogP contribution in [0, 0.1) is 5.92 Å². The molecule has 3 heteroatoms. The van der Waals surface area contributed by atoms with Crippen LogP contribution < -0.4 is 0 Å². The van der Waals surface area contributed by atoms with Crippen LogP contribution in [-0.4, -0.2) is 22.8 Å². The first-order chi connectivity index (χ1) is 10.8. The second-order valence-electron chi connectivity index (χ2n) is 7.44. The van der Waals surface area contributed by atoms with E-state index in [-0.39, 0.29) is 5.97 Å². The molecule has 2 rings (SSSR count). The van der Waals surface area contributed by atoms with Gasteiger partial charge in [-0.05, 0) is 64.4 Å². The average Bonchev–Trinajstić information content (AvgIpc) is 2.45. The zero-order valence-electron chi connectivity index (χ0n) is 14.9. The number of carbonyl (C=O) groups is 1. The molecule has 0 radical (unpaired) electrons. The van der Waals surface area contributed by atoms with Crippen LogP contribution in [0.1, 0.15) is 66.2 Å². The van der Waals surface area contributed by atoms with Gasteiger partial charge >= 0.3 is 5.97 Å². The van der Waals surface area contributed by atoms with E-state index in [2.05, 4.69) is 26.8 Å². The molecule has 0 saturated carbocycles. The maximum atomic E-state index is 12.5. The first-order valence-corrected chi connectivity index (χ1v) is 8.78. The lowest BCUT2D eigenvalue weighted by Crippen LogP contribution is -2.42. The van der Waals surface area contributed by atoms with Crippen molar-refractivity contribution < 1.29 is 14.6 Å². The van der Waals surface area contributed by atoms with Crippen molar-refractivity contribution in [3.63, 3.8) is 0 Å². The van der Waals surface area contributed by atoms with E-state index in [4.69, 9.17) is 4.74 Å². The quantitative estimate of drug-likeness (QED) is 0.573. The molecule has 0 aliphatic carbocycles. The highest BCUT2D eigenvalue weighted by Crippen LogP contribution is 2.30. The lowest BCUT2D eigenvalue weighted by molar-refractivity contribution is -0.155. The Hall–Kier alpha value is -1.35. The van der Waals surface area contributed by atoms with Gasteiger partial charge < -0.3 is 9.84 Å². The maximum Gasteiger partial charge on any atom is 0.334 e. The molecule has 0 saturated heterocycles. The fourth-order valence-corrected chi connectivity index (χ4v) is 3.18. The van der Waals surface area contributed by atoms with Gasteiger partial charge in [0.25, 0.3) is 0 Å². The van der Waals surface area contributed by atoms with E-state index in [1.165, 1.54) is 11.1 Å². The standard InChI is InChI=1S/C20H30O3/c1-14(2)17-11-10-15(3)7-5-8-16-9-6-12-20(4,22)18(13-17)23-19(16)21/h7,9,13-14,18,22H,5-6,8,10-12H2,1-4H3/b15-7+,16-9-,17-13+/t18-,20-/m0/s1. The van der Waals surface area contributed by atoms with E-state index >= 15 is 0 Å². The van der Waals surface area contributed by atoms with Crippen molar-refractivity contribution in [1.29, 1.82) is 0 Å². The molecule has 3 nitrogen and oxygen atoms in total. The van der Waals surface area contributed by atoms with Crippen LogP contribution >= 0.6 is 0 Å². The van der Waals surface area contributed by atoms with Gasteiger partial charge in [0, 0.05) is 5.57 Å². The van der Waals surface area contributed by atoms with Crippen molar-refractivity contribution >= 4 is 5.97 Å². The molecule has 2 atom stereocenters. The number of rotatable bonds is 1. The molecule has 23 heavy (non-hydrogen) atoms. The number of carbonyl (C=O) groups excluding carboxylic acids is 1. The van der Waals surface area contributed by atoms with Crippen LogP contribution in [0.2, 0.25) is 0 Å². The van der Waals surface area contributed by atoms with E-state index < -0.39 is 11.7 Å². The molecule has 2 aliphatic heterocycles. The summed E-state index contributed by atoms with van der Waals surface area (Å²) in [4.78, 5) is 12.5. The number of ether oxygens (including phenoxy) is 1. The minimum atomic E-state index is -1.02. The third-order valence-electron chi connectivity index (χ3n) is 4.97. The second-order valence-corrected chi connectivity index (χ2v) is 7.44. The number of fused-ring (bicyclic) bond motifs is 3. The molecule has 1 N–H and O–H groups in total. The van der Waals surface area contributed by atoms with E-state index in [0.29, 0.717) is 25.2 Å². The van der Waals surface area contributed by atoms with Crippen LogP contribution in [0.4, 0.5) is 0 Å². The smallest absolute Gasteiger partial charge is 0.334 e. The molecular weight excluding hydrogens is 288 g/mol. The number of hydrogen-bond acceptors (Lipinski definition) is 3. The van der Waals surface area contributed by atoms with E-state index in [1.54, 1.807) is 6.92 Å². The van der Waals surface area contributed by atoms with Crippen molar-refractivity contribution in [2.24, 2.45) is 5.92 Å². The molecule has 0 unspecified atom stereocenters. The van der Waals surface area contributed by atoms with Gasteiger partial charge in [0.2, 0.25) is 0 Å². The molecule has 0 aromatic carbocycles. The average molecular weight is 318 g/mol.